The Hall–Kier alpha value is -3.98. The molecular weight excluding hydrogens is 466 g/mol. The zero-order chi connectivity index (χ0) is 25.2. The maximum absolute atomic E-state index is 10.7. The molecule has 37 heavy (non-hydrogen) atoms. The number of aryl methyl sites for hydroxylation is 1. The SMILES string of the molecule is O=C(O)CCCN1CCN(c2ccc(Nc3ncc4cnn(C5CCc6ccccc65)c4n3)cc2)CC1. The quantitative estimate of drug-likeness (QED) is 0.376. The second kappa shape index (κ2) is 10.2. The van der Waals surface area contributed by atoms with Crippen molar-refractivity contribution in [3.8, 4) is 0 Å². The van der Waals surface area contributed by atoms with Crippen LogP contribution in [0.4, 0.5) is 17.3 Å². The van der Waals surface area contributed by atoms with Crippen molar-refractivity contribution in [1.29, 1.82) is 0 Å². The summed E-state index contributed by atoms with van der Waals surface area (Å²) >= 11 is 0. The first-order chi connectivity index (χ1) is 18.1. The topological polar surface area (TPSA) is 99.4 Å². The summed E-state index contributed by atoms with van der Waals surface area (Å²) < 4.78 is 2.04. The molecule has 4 aromatic rings. The first kappa shape index (κ1) is 23.4. The van der Waals surface area contributed by atoms with Crippen molar-refractivity contribution in [2.24, 2.45) is 0 Å². The lowest BCUT2D eigenvalue weighted by Crippen LogP contribution is -2.46. The van der Waals surface area contributed by atoms with Crippen LogP contribution in [-0.2, 0) is 11.2 Å². The molecule has 1 fully saturated rings. The summed E-state index contributed by atoms with van der Waals surface area (Å²) in [6, 6.07) is 17.2. The molecule has 0 radical (unpaired) electrons. The highest BCUT2D eigenvalue weighted by atomic mass is 16.4. The van der Waals surface area contributed by atoms with Crippen LogP contribution in [0.5, 0.6) is 0 Å². The Bertz CT molecular complexity index is 1390. The number of rotatable bonds is 8. The molecule has 2 N–H and O–H groups in total. The van der Waals surface area contributed by atoms with Crippen molar-refractivity contribution < 1.29 is 9.90 Å². The Morgan fingerprint density at radius 3 is 2.65 bits per heavy atom. The summed E-state index contributed by atoms with van der Waals surface area (Å²) in [5.41, 5.74) is 5.69. The maximum Gasteiger partial charge on any atom is 0.303 e. The van der Waals surface area contributed by atoms with Crippen LogP contribution in [0.1, 0.15) is 36.4 Å². The van der Waals surface area contributed by atoms with E-state index in [-0.39, 0.29) is 12.5 Å². The van der Waals surface area contributed by atoms with Crippen molar-refractivity contribution in [3.63, 3.8) is 0 Å². The average Bonchev–Trinajstić information content (AvgIpc) is 3.53. The highest BCUT2D eigenvalue weighted by Crippen LogP contribution is 2.35. The van der Waals surface area contributed by atoms with Crippen LogP contribution in [0.3, 0.4) is 0 Å². The van der Waals surface area contributed by atoms with E-state index in [9.17, 15) is 4.79 Å². The maximum atomic E-state index is 10.7. The highest BCUT2D eigenvalue weighted by Gasteiger charge is 2.26. The molecule has 0 bridgehead atoms. The van der Waals surface area contributed by atoms with Gasteiger partial charge in [-0.2, -0.15) is 10.1 Å². The van der Waals surface area contributed by atoms with Gasteiger partial charge in [0.05, 0.1) is 17.6 Å². The largest absolute Gasteiger partial charge is 0.481 e. The van der Waals surface area contributed by atoms with Gasteiger partial charge in [0.1, 0.15) is 0 Å². The van der Waals surface area contributed by atoms with E-state index in [1.165, 1.54) is 16.8 Å². The number of aliphatic carboxylic acids is 1. The molecule has 1 aliphatic carbocycles. The number of fused-ring (bicyclic) bond motifs is 2. The van der Waals surface area contributed by atoms with Crippen LogP contribution in [-0.4, -0.2) is 68.4 Å². The van der Waals surface area contributed by atoms with E-state index in [4.69, 9.17) is 10.1 Å². The molecule has 0 spiro atoms. The fraction of sp³-hybridized carbons (Fsp3) is 0.357. The number of hydrogen-bond acceptors (Lipinski definition) is 7. The third-order valence-electron chi connectivity index (χ3n) is 7.46. The van der Waals surface area contributed by atoms with Gasteiger partial charge >= 0.3 is 5.97 Å². The molecule has 1 aliphatic heterocycles. The van der Waals surface area contributed by atoms with Crippen molar-refractivity contribution >= 4 is 34.3 Å². The van der Waals surface area contributed by atoms with Crippen molar-refractivity contribution in [2.75, 3.05) is 42.9 Å². The fourth-order valence-electron chi connectivity index (χ4n) is 5.48. The van der Waals surface area contributed by atoms with Gasteiger partial charge in [0.2, 0.25) is 5.95 Å². The number of carbonyl (C=O) groups is 1. The van der Waals surface area contributed by atoms with Crippen LogP contribution in [0.25, 0.3) is 11.0 Å². The van der Waals surface area contributed by atoms with E-state index < -0.39 is 5.97 Å². The highest BCUT2D eigenvalue weighted by molar-refractivity contribution is 5.75. The standard InChI is InChI=1S/C28H31N7O2/c36-26(37)6-3-13-33-14-16-34(17-15-33)23-10-8-22(9-11-23)31-28-29-18-21-19-30-35(27(21)32-28)25-12-7-20-4-1-2-5-24(20)25/h1-2,4-5,8-11,18-19,25H,3,6-7,12-17H2,(H,36,37)(H,29,31,32). The zero-order valence-corrected chi connectivity index (χ0v) is 20.8. The fourth-order valence-corrected chi connectivity index (χ4v) is 5.48. The Morgan fingerprint density at radius 1 is 1.03 bits per heavy atom. The van der Waals surface area contributed by atoms with Gasteiger partial charge in [-0.15, -0.1) is 0 Å². The van der Waals surface area contributed by atoms with Crippen molar-refractivity contribution in [1.82, 2.24) is 24.6 Å². The molecule has 1 atom stereocenters. The molecule has 1 unspecified atom stereocenters. The Balaban J connectivity index is 1.11. The van der Waals surface area contributed by atoms with Gasteiger partial charge in [0, 0.05) is 50.2 Å². The van der Waals surface area contributed by atoms with Gasteiger partial charge in [-0.1, -0.05) is 24.3 Å². The number of nitrogens with zero attached hydrogens (tertiary/aromatic N) is 6. The summed E-state index contributed by atoms with van der Waals surface area (Å²) in [7, 11) is 0. The van der Waals surface area contributed by atoms with Crippen LogP contribution in [0, 0.1) is 0 Å². The first-order valence-corrected chi connectivity index (χ1v) is 13.0. The lowest BCUT2D eigenvalue weighted by Gasteiger charge is -2.36. The third-order valence-corrected chi connectivity index (χ3v) is 7.46. The minimum absolute atomic E-state index is 0.202. The van der Waals surface area contributed by atoms with E-state index in [0.717, 1.165) is 62.3 Å². The summed E-state index contributed by atoms with van der Waals surface area (Å²) in [6.07, 6.45) is 6.71. The minimum Gasteiger partial charge on any atom is -0.481 e. The number of anilines is 3. The molecule has 2 aromatic carbocycles. The van der Waals surface area contributed by atoms with Gasteiger partial charge in [-0.3, -0.25) is 9.69 Å². The molecule has 6 rings (SSSR count). The molecule has 0 saturated carbocycles. The van der Waals surface area contributed by atoms with Crippen molar-refractivity contribution in [2.45, 2.75) is 31.7 Å². The van der Waals surface area contributed by atoms with Gasteiger partial charge in [0.15, 0.2) is 5.65 Å². The van der Waals surface area contributed by atoms with E-state index >= 15 is 0 Å². The van der Waals surface area contributed by atoms with Crippen LogP contribution < -0.4 is 10.2 Å². The van der Waals surface area contributed by atoms with Crippen LogP contribution >= 0.6 is 0 Å². The van der Waals surface area contributed by atoms with Gasteiger partial charge in [-0.05, 0) is 61.2 Å². The number of piperazine rings is 1. The molecule has 0 amide bonds. The number of carboxylic acids is 1. The molecule has 190 valence electrons. The van der Waals surface area contributed by atoms with Gasteiger partial charge in [-0.25, -0.2) is 9.67 Å². The second-order valence-electron chi connectivity index (χ2n) is 9.81. The van der Waals surface area contributed by atoms with E-state index in [1.807, 2.05) is 17.1 Å². The molecule has 2 aliphatic rings. The smallest absolute Gasteiger partial charge is 0.303 e. The van der Waals surface area contributed by atoms with E-state index in [1.54, 1.807) is 0 Å². The third kappa shape index (κ3) is 4.99. The second-order valence-corrected chi connectivity index (χ2v) is 9.81. The number of aromatic nitrogens is 4. The summed E-state index contributed by atoms with van der Waals surface area (Å²) in [6.45, 7) is 4.63. The minimum atomic E-state index is -0.720. The monoisotopic (exact) mass is 497 g/mol. The molecule has 1 saturated heterocycles. The zero-order valence-electron chi connectivity index (χ0n) is 20.8. The Kier molecular flexibility index (Phi) is 6.44. The molecule has 9 heteroatoms. The molecule has 3 heterocycles. The number of benzene rings is 2. The Labute approximate surface area is 215 Å². The van der Waals surface area contributed by atoms with Crippen molar-refractivity contribution in [3.05, 3.63) is 72.1 Å². The predicted octanol–water partition coefficient (Wildman–Crippen LogP) is 4.09. The Morgan fingerprint density at radius 2 is 1.84 bits per heavy atom. The molecular formula is C28H31N7O2. The normalized spacial score (nSPS) is 17.7. The van der Waals surface area contributed by atoms with Gasteiger partial charge in [0.25, 0.3) is 0 Å². The van der Waals surface area contributed by atoms with Crippen LogP contribution in [0.15, 0.2) is 60.9 Å². The molecule has 9 nitrogen and oxygen atoms in total. The predicted molar refractivity (Wildman–Crippen MR) is 143 cm³/mol. The van der Waals surface area contributed by atoms with Gasteiger partial charge < -0.3 is 15.3 Å². The number of nitrogens with one attached hydrogen (secondary N) is 1. The lowest BCUT2D eigenvalue weighted by atomic mass is 10.1. The van der Waals surface area contributed by atoms with Crippen LogP contribution in [0.2, 0.25) is 0 Å². The van der Waals surface area contributed by atoms with E-state index in [2.05, 4.69) is 73.7 Å². The number of hydrogen-bond donors (Lipinski definition) is 2. The lowest BCUT2D eigenvalue weighted by molar-refractivity contribution is -0.137. The molecule has 2 aromatic heterocycles. The van der Waals surface area contributed by atoms with E-state index in [0.29, 0.717) is 12.4 Å². The number of carboxylic acid groups (broad SMARTS) is 1. The average molecular weight is 498 g/mol. The summed E-state index contributed by atoms with van der Waals surface area (Å²) in [5.74, 6) is -0.161. The summed E-state index contributed by atoms with van der Waals surface area (Å²) in [5, 5.41) is 17.8. The summed E-state index contributed by atoms with van der Waals surface area (Å²) in [4.78, 5) is 24.8. The first-order valence-electron chi connectivity index (χ1n) is 13.0.